The lowest BCUT2D eigenvalue weighted by Gasteiger charge is -1.91. The minimum atomic E-state index is 0.655. The van der Waals surface area contributed by atoms with E-state index in [9.17, 15) is 0 Å². The molecule has 0 heterocycles. The monoisotopic (exact) mass is 102 g/mol. The largest absolute Gasteiger partial charge is 0.330 e. The van der Waals surface area contributed by atoms with Crippen molar-refractivity contribution < 1.29 is 0 Å². The number of nitrogens with one attached hydrogen (secondary N) is 2. The third kappa shape index (κ3) is 5.36. The molecule has 0 aliphatic heterocycles. The van der Waals surface area contributed by atoms with E-state index < -0.39 is 0 Å². The Kier molecular flexibility index (Phi) is 4.87. The molecule has 42 valence electrons. The summed E-state index contributed by atoms with van der Waals surface area (Å²) in [4.78, 5) is 0. The zero-order valence-corrected chi connectivity index (χ0v) is 4.15. The molecule has 0 radical (unpaired) electrons. The van der Waals surface area contributed by atoms with E-state index in [-0.39, 0.29) is 0 Å². The zero-order valence-electron chi connectivity index (χ0n) is 4.15. The van der Waals surface area contributed by atoms with E-state index in [1.807, 2.05) is 0 Å². The molecule has 0 spiro atoms. The van der Waals surface area contributed by atoms with E-state index in [0.29, 0.717) is 13.1 Å². The highest BCUT2D eigenvalue weighted by Gasteiger charge is 1.76. The molecule has 0 saturated carbocycles. The zero-order chi connectivity index (χ0) is 5.54. The van der Waals surface area contributed by atoms with Crippen molar-refractivity contribution in [3.05, 3.63) is 0 Å². The van der Waals surface area contributed by atoms with Gasteiger partial charge in [-0.3, -0.25) is 5.43 Å². The second-order valence-electron chi connectivity index (χ2n) is 1.16. The van der Waals surface area contributed by atoms with Gasteiger partial charge in [-0.25, -0.2) is 0 Å². The van der Waals surface area contributed by atoms with Crippen LogP contribution in [0.4, 0.5) is 0 Å². The molecule has 0 saturated heterocycles. The number of hydrogen-bond acceptors (Lipinski definition) is 3. The van der Waals surface area contributed by atoms with Gasteiger partial charge in [-0.05, 0) is 13.0 Å². The fourth-order valence-corrected chi connectivity index (χ4v) is 0.237. The summed E-state index contributed by atoms with van der Waals surface area (Å²) in [6, 6.07) is 0. The summed E-state index contributed by atoms with van der Waals surface area (Å²) in [6.07, 6.45) is 0.877. The summed E-state index contributed by atoms with van der Waals surface area (Å²) in [5.74, 6) is 0. The molecule has 4 N–H and O–H groups in total. The Hall–Kier alpha value is -0.640. The molecule has 7 heavy (non-hydrogen) atoms. The fraction of sp³-hybridized carbons (Fsp3) is 1.00. The van der Waals surface area contributed by atoms with Gasteiger partial charge in [0, 0.05) is 6.54 Å². The van der Waals surface area contributed by atoms with Gasteiger partial charge in [0.1, 0.15) is 0 Å². The summed E-state index contributed by atoms with van der Waals surface area (Å²) in [5, 5.41) is 2.92. The molecular formula is C3H10N4. The van der Waals surface area contributed by atoms with Crippen LogP contribution in [-0.4, -0.2) is 13.1 Å². The van der Waals surface area contributed by atoms with Crippen LogP contribution in [-0.2, 0) is 0 Å². The lowest BCUT2D eigenvalue weighted by Crippen LogP contribution is -2.11. The van der Waals surface area contributed by atoms with E-state index >= 15 is 0 Å². The van der Waals surface area contributed by atoms with Crippen molar-refractivity contribution in [3.8, 4) is 0 Å². The van der Waals surface area contributed by atoms with Crippen molar-refractivity contribution in [2.24, 2.45) is 11.0 Å². The molecule has 0 rings (SSSR count). The smallest absolute Gasteiger partial charge is 0.0358 e. The van der Waals surface area contributed by atoms with Crippen LogP contribution in [0.3, 0.4) is 0 Å². The third-order valence-electron chi connectivity index (χ3n) is 0.572. The highest BCUT2D eigenvalue weighted by Crippen LogP contribution is 1.66. The molecule has 4 heteroatoms. The van der Waals surface area contributed by atoms with Gasteiger partial charge in [-0.15, -0.1) is 0 Å². The summed E-state index contributed by atoms with van der Waals surface area (Å²) >= 11 is 0. The number of rotatable bonds is 4. The van der Waals surface area contributed by atoms with Crippen molar-refractivity contribution in [3.63, 3.8) is 0 Å². The van der Waals surface area contributed by atoms with Gasteiger partial charge in [0.05, 0.1) is 0 Å². The van der Waals surface area contributed by atoms with Crippen molar-refractivity contribution in [2.75, 3.05) is 13.1 Å². The van der Waals surface area contributed by atoms with Crippen LogP contribution < -0.4 is 11.2 Å². The van der Waals surface area contributed by atoms with Crippen LogP contribution in [0, 0.1) is 5.53 Å². The first-order valence-corrected chi connectivity index (χ1v) is 2.21. The maximum absolute atomic E-state index is 6.25. The molecule has 0 amide bonds. The highest BCUT2D eigenvalue weighted by atomic mass is 15.4. The van der Waals surface area contributed by atoms with Gasteiger partial charge in [0.15, 0.2) is 0 Å². The first-order chi connectivity index (χ1) is 3.41. The Bertz CT molecular complexity index is 44.2. The van der Waals surface area contributed by atoms with E-state index in [1.54, 1.807) is 0 Å². The standard InChI is InChI=1S/C3H10N4/c4-2-1-3-6-7-5/h1-4H2,(H2,5,6). The van der Waals surface area contributed by atoms with Crippen LogP contribution in [0.1, 0.15) is 6.42 Å². The number of nitrogens with two attached hydrogens (primary N) is 1. The fourth-order valence-electron chi connectivity index (χ4n) is 0.237. The van der Waals surface area contributed by atoms with Crippen LogP contribution in [0.15, 0.2) is 5.22 Å². The minimum Gasteiger partial charge on any atom is -0.330 e. The number of hydrogen-bond donors (Lipinski definition) is 3. The third-order valence-corrected chi connectivity index (χ3v) is 0.572. The lowest BCUT2D eigenvalue weighted by atomic mass is 10.4. The Labute approximate surface area is 42.6 Å². The molecule has 0 atom stereocenters. The molecule has 0 aromatic rings. The SMILES string of the molecule is N=NNCCCN. The van der Waals surface area contributed by atoms with Crippen LogP contribution >= 0.6 is 0 Å². The van der Waals surface area contributed by atoms with Crippen molar-refractivity contribution in [1.29, 1.82) is 5.53 Å². The van der Waals surface area contributed by atoms with E-state index in [0.717, 1.165) is 6.42 Å². The molecule has 0 bridgehead atoms. The second-order valence-corrected chi connectivity index (χ2v) is 1.16. The predicted molar refractivity (Wildman–Crippen MR) is 26.8 cm³/mol. The summed E-state index contributed by atoms with van der Waals surface area (Å²) in [7, 11) is 0. The average molecular weight is 102 g/mol. The van der Waals surface area contributed by atoms with Crippen molar-refractivity contribution in [2.45, 2.75) is 6.42 Å². The second kappa shape index (κ2) is 5.36. The number of nitrogens with zero attached hydrogens (tertiary/aromatic N) is 1. The average Bonchev–Trinajstić information content (AvgIpc) is 1.69. The van der Waals surface area contributed by atoms with Crippen molar-refractivity contribution in [1.82, 2.24) is 5.43 Å². The molecule has 0 aliphatic carbocycles. The Morgan fingerprint density at radius 3 is 2.86 bits per heavy atom. The minimum absolute atomic E-state index is 0.655. The van der Waals surface area contributed by atoms with Gasteiger partial charge in [0.2, 0.25) is 0 Å². The predicted octanol–water partition coefficient (Wildman–Crippen LogP) is -0.129. The summed E-state index contributed by atoms with van der Waals surface area (Å²) in [6.45, 7) is 1.36. The topological polar surface area (TPSA) is 74.3 Å². The molecule has 0 aliphatic rings. The maximum Gasteiger partial charge on any atom is 0.0358 e. The molecule has 0 fully saturated rings. The van der Waals surface area contributed by atoms with E-state index in [4.69, 9.17) is 11.3 Å². The van der Waals surface area contributed by atoms with E-state index in [1.165, 1.54) is 0 Å². The first-order valence-electron chi connectivity index (χ1n) is 2.21. The van der Waals surface area contributed by atoms with Gasteiger partial charge < -0.3 is 5.73 Å². The lowest BCUT2D eigenvalue weighted by molar-refractivity contribution is 0.642. The van der Waals surface area contributed by atoms with Crippen LogP contribution in [0.5, 0.6) is 0 Å². The van der Waals surface area contributed by atoms with Gasteiger partial charge in [0.25, 0.3) is 0 Å². The van der Waals surface area contributed by atoms with Crippen molar-refractivity contribution >= 4 is 0 Å². The summed E-state index contributed by atoms with van der Waals surface area (Å²) in [5.41, 5.74) is 13.8. The van der Waals surface area contributed by atoms with Crippen LogP contribution in [0.25, 0.3) is 0 Å². The normalized spacial score (nSPS) is 8.14. The Morgan fingerprint density at radius 2 is 2.43 bits per heavy atom. The highest BCUT2D eigenvalue weighted by molar-refractivity contribution is 4.37. The molecular weight excluding hydrogens is 92.1 g/mol. The molecule has 0 unspecified atom stereocenters. The van der Waals surface area contributed by atoms with Crippen LogP contribution in [0.2, 0.25) is 0 Å². The quantitative estimate of drug-likeness (QED) is 0.263. The molecule has 0 aromatic carbocycles. The maximum atomic E-state index is 6.25. The van der Waals surface area contributed by atoms with Gasteiger partial charge >= 0.3 is 0 Å². The Balaban J connectivity index is 2.56. The summed E-state index contributed by atoms with van der Waals surface area (Å²) < 4.78 is 0. The molecule has 4 nitrogen and oxygen atoms in total. The van der Waals surface area contributed by atoms with E-state index in [2.05, 4.69) is 10.6 Å². The van der Waals surface area contributed by atoms with Gasteiger partial charge in [-0.2, -0.15) is 5.53 Å². The molecule has 0 aromatic heterocycles. The first kappa shape index (κ1) is 6.36. The van der Waals surface area contributed by atoms with Gasteiger partial charge in [-0.1, -0.05) is 5.22 Å². The Morgan fingerprint density at radius 1 is 1.71 bits per heavy atom.